The molecule has 0 spiro atoms. The SMILES string of the molecule is CC(C)(C)c1ccc2c(c1)NCCCO2. The number of fused-ring (bicyclic) bond motifs is 1. The minimum Gasteiger partial charge on any atom is -0.491 e. The van der Waals surface area contributed by atoms with Crippen LogP contribution in [0.15, 0.2) is 18.2 Å². The first-order valence-corrected chi connectivity index (χ1v) is 5.58. The molecule has 0 fully saturated rings. The van der Waals surface area contributed by atoms with E-state index in [0.29, 0.717) is 0 Å². The summed E-state index contributed by atoms with van der Waals surface area (Å²) in [4.78, 5) is 0. The summed E-state index contributed by atoms with van der Waals surface area (Å²) in [6.07, 6.45) is 1.07. The molecule has 1 aromatic carbocycles. The predicted octanol–water partition coefficient (Wildman–Crippen LogP) is 3.18. The largest absolute Gasteiger partial charge is 0.491 e. The molecule has 0 unspecified atom stereocenters. The van der Waals surface area contributed by atoms with Gasteiger partial charge in [-0.3, -0.25) is 0 Å². The van der Waals surface area contributed by atoms with Gasteiger partial charge in [0, 0.05) is 6.54 Å². The van der Waals surface area contributed by atoms with Crippen LogP contribution in [0.3, 0.4) is 0 Å². The highest BCUT2D eigenvalue weighted by molar-refractivity contribution is 5.59. The second-order valence-corrected chi connectivity index (χ2v) is 5.09. The lowest BCUT2D eigenvalue weighted by molar-refractivity contribution is 0.323. The Morgan fingerprint density at radius 2 is 2.07 bits per heavy atom. The van der Waals surface area contributed by atoms with Gasteiger partial charge in [0.05, 0.1) is 12.3 Å². The van der Waals surface area contributed by atoms with Crippen LogP contribution < -0.4 is 10.1 Å². The third kappa shape index (κ3) is 2.25. The summed E-state index contributed by atoms with van der Waals surface area (Å²) < 4.78 is 5.65. The number of hydrogen-bond donors (Lipinski definition) is 1. The van der Waals surface area contributed by atoms with Crippen LogP contribution in [0.2, 0.25) is 0 Å². The van der Waals surface area contributed by atoms with Gasteiger partial charge in [-0.15, -0.1) is 0 Å². The lowest BCUT2D eigenvalue weighted by Gasteiger charge is -2.20. The van der Waals surface area contributed by atoms with E-state index in [0.717, 1.165) is 31.0 Å². The second kappa shape index (κ2) is 3.76. The summed E-state index contributed by atoms with van der Waals surface area (Å²) in [6.45, 7) is 8.50. The highest BCUT2D eigenvalue weighted by atomic mass is 16.5. The molecule has 2 heteroatoms. The number of rotatable bonds is 0. The van der Waals surface area contributed by atoms with Crippen LogP contribution in [0.4, 0.5) is 5.69 Å². The maximum Gasteiger partial charge on any atom is 0.142 e. The van der Waals surface area contributed by atoms with Gasteiger partial charge in [-0.05, 0) is 29.5 Å². The van der Waals surface area contributed by atoms with Crippen molar-refractivity contribution in [1.82, 2.24) is 0 Å². The van der Waals surface area contributed by atoms with E-state index >= 15 is 0 Å². The summed E-state index contributed by atoms with van der Waals surface area (Å²) in [5.74, 6) is 0.987. The van der Waals surface area contributed by atoms with Crippen LogP contribution >= 0.6 is 0 Å². The molecule has 0 bridgehead atoms. The lowest BCUT2D eigenvalue weighted by atomic mass is 9.87. The predicted molar refractivity (Wildman–Crippen MR) is 63.7 cm³/mol. The molecule has 2 nitrogen and oxygen atoms in total. The number of nitrogens with one attached hydrogen (secondary N) is 1. The van der Waals surface area contributed by atoms with Crippen LogP contribution in [-0.4, -0.2) is 13.2 Å². The Bertz CT molecular complexity index is 352. The van der Waals surface area contributed by atoms with E-state index in [2.05, 4.69) is 44.3 Å². The van der Waals surface area contributed by atoms with Crippen molar-refractivity contribution in [2.24, 2.45) is 0 Å². The minimum absolute atomic E-state index is 0.197. The van der Waals surface area contributed by atoms with Gasteiger partial charge in [0.2, 0.25) is 0 Å². The van der Waals surface area contributed by atoms with E-state index in [4.69, 9.17) is 4.74 Å². The molecule has 2 rings (SSSR count). The van der Waals surface area contributed by atoms with E-state index < -0.39 is 0 Å². The van der Waals surface area contributed by atoms with Crippen molar-refractivity contribution in [2.45, 2.75) is 32.6 Å². The van der Waals surface area contributed by atoms with E-state index in [-0.39, 0.29) is 5.41 Å². The van der Waals surface area contributed by atoms with Crippen LogP contribution in [0.25, 0.3) is 0 Å². The van der Waals surface area contributed by atoms with Gasteiger partial charge in [0.25, 0.3) is 0 Å². The van der Waals surface area contributed by atoms with Gasteiger partial charge in [-0.2, -0.15) is 0 Å². The molecule has 0 saturated heterocycles. The average molecular weight is 205 g/mol. The molecule has 1 aliphatic heterocycles. The molecule has 0 saturated carbocycles. The Morgan fingerprint density at radius 1 is 1.27 bits per heavy atom. The van der Waals surface area contributed by atoms with Crippen LogP contribution in [0.1, 0.15) is 32.8 Å². The van der Waals surface area contributed by atoms with Crippen molar-refractivity contribution in [1.29, 1.82) is 0 Å². The first-order chi connectivity index (χ1) is 7.07. The molecule has 1 N–H and O–H groups in total. The Kier molecular flexibility index (Phi) is 2.59. The summed E-state index contributed by atoms with van der Waals surface area (Å²) in [5.41, 5.74) is 2.68. The Morgan fingerprint density at radius 3 is 2.80 bits per heavy atom. The Hall–Kier alpha value is -1.18. The van der Waals surface area contributed by atoms with Crippen LogP contribution in [0.5, 0.6) is 5.75 Å². The lowest BCUT2D eigenvalue weighted by Crippen LogP contribution is -2.11. The summed E-state index contributed by atoms with van der Waals surface area (Å²) >= 11 is 0. The zero-order chi connectivity index (χ0) is 10.9. The maximum absolute atomic E-state index is 5.65. The summed E-state index contributed by atoms with van der Waals surface area (Å²) in [7, 11) is 0. The highest BCUT2D eigenvalue weighted by Crippen LogP contribution is 2.32. The van der Waals surface area contributed by atoms with Crippen molar-refractivity contribution >= 4 is 5.69 Å². The molecule has 15 heavy (non-hydrogen) atoms. The zero-order valence-corrected chi connectivity index (χ0v) is 9.76. The van der Waals surface area contributed by atoms with Crippen molar-refractivity contribution in [3.8, 4) is 5.75 Å². The smallest absolute Gasteiger partial charge is 0.142 e. The molecule has 1 aromatic rings. The highest BCUT2D eigenvalue weighted by Gasteiger charge is 2.16. The average Bonchev–Trinajstić information content (AvgIpc) is 2.39. The fourth-order valence-electron chi connectivity index (χ4n) is 1.74. The number of anilines is 1. The molecule has 0 aliphatic carbocycles. The topological polar surface area (TPSA) is 21.3 Å². The fraction of sp³-hybridized carbons (Fsp3) is 0.538. The summed E-state index contributed by atoms with van der Waals surface area (Å²) in [6, 6.07) is 6.45. The van der Waals surface area contributed by atoms with Crippen molar-refractivity contribution < 1.29 is 4.74 Å². The van der Waals surface area contributed by atoms with Crippen LogP contribution in [-0.2, 0) is 5.41 Å². The van der Waals surface area contributed by atoms with Gasteiger partial charge in [0.15, 0.2) is 0 Å². The van der Waals surface area contributed by atoms with Gasteiger partial charge < -0.3 is 10.1 Å². The quantitative estimate of drug-likeness (QED) is 0.702. The Balaban J connectivity index is 2.36. The first-order valence-electron chi connectivity index (χ1n) is 5.58. The zero-order valence-electron chi connectivity index (χ0n) is 9.76. The third-order valence-corrected chi connectivity index (χ3v) is 2.74. The molecular weight excluding hydrogens is 186 g/mol. The van der Waals surface area contributed by atoms with E-state index in [1.54, 1.807) is 0 Å². The molecule has 0 atom stereocenters. The molecule has 0 amide bonds. The molecule has 0 radical (unpaired) electrons. The Labute approximate surface area is 91.6 Å². The first kappa shape index (κ1) is 10.3. The fourth-order valence-corrected chi connectivity index (χ4v) is 1.74. The minimum atomic E-state index is 0.197. The maximum atomic E-state index is 5.65. The molecule has 82 valence electrons. The molecule has 0 aromatic heterocycles. The van der Waals surface area contributed by atoms with Gasteiger partial charge in [-0.25, -0.2) is 0 Å². The second-order valence-electron chi connectivity index (χ2n) is 5.09. The van der Waals surface area contributed by atoms with E-state index in [1.807, 2.05) is 0 Å². The standard InChI is InChI=1S/C13H19NO/c1-13(2,3)10-5-6-12-11(9-10)14-7-4-8-15-12/h5-6,9,14H,4,7-8H2,1-3H3. The van der Waals surface area contributed by atoms with E-state index in [1.165, 1.54) is 5.56 Å². The van der Waals surface area contributed by atoms with Crippen LogP contribution in [0, 0.1) is 0 Å². The molecular formula is C13H19NO. The monoisotopic (exact) mass is 205 g/mol. The number of benzene rings is 1. The molecule has 1 heterocycles. The van der Waals surface area contributed by atoms with Gasteiger partial charge >= 0.3 is 0 Å². The van der Waals surface area contributed by atoms with Gasteiger partial charge in [0.1, 0.15) is 5.75 Å². The van der Waals surface area contributed by atoms with Crippen molar-refractivity contribution in [3.05, 3.63) is 23.8 Å². The van der Waals surface area contributed by atoms with Gasteiger partial charge in [-0.1, -0.05) is 26.8 Å². The number of ether oxygens (including phenoxy) is 1. The number of hydrogen-bond acceptors (Lipinski definition) is 2. The van der Waals surface area contributed by atoms with E-state index in [9.17, 15) is 0 Å². The third-order valence-electron chi connectivity index (χ3n) is 2.74. The van der Waals surface area contributed by atoms with Crippen molar-refractivity contribution in [3.63, 3.8) is 0 Å². The normalized spacial score (nSPS) is 15.9. The molecule has 1 aliphatic rings. The van der Waals surface area contributed by atoms with Crippen molar-refractivity contribution in [2.75, 3.05) is 18.5 Å². The summed E-state index contributed by atoms with van der Waals surface area (Å²) in [5, 5.41) is 3.41.